The number of hydrogen-bond donors (Lipinski definition) is 0. The summed E-state index contributed by atoms with van der Waals surface area (Å²) in [4.78, 5) is 0. The summed E-state index contributed by atoms with van der Waals surface area (Å²) < 4.78 is 0. The van der Waals surface area contributed by atoms with Crippen LogP contribution in [0, 0.1) is 12.8 Å². The fourth-order valence-corrected chi connectivity index (χ4v) is 1.50. The topological polar surface area (TPSA) is 0 Å². The molecule has 0 spiro atoms. The molecule has 1 atom stereocenters. The molecule has 0 N–H and O–H groups in total. The first-order valence-electron chi connectivity index (χ1n) is 4.32. The lowest BCUT2D eigenvalue weighted by atomic mass is 9.98. The van der Waals surface area contributed by atoms with Crippen LogP contribution in [0.2, 0.25) is 0 Å². The third-order valence-electron chi connectivity index (χ3n) is 2.07. The lowest BCUT2D eigenvalue weighted by Crippen LogP contribution is -2.00. The molecule has 0 fully saturated rings. The second-order valence-electron chi connectivity index (χ2n) is 3.50. The third-order valence-corrected chi connectivity index (χ3v) is 2.81. The van der Waals surface area contributed by atoms with Crippen LogP contribution in [0.25, 0.3) is 0 Å². The maximum atomic E-state index is 6.25. The predicted molar refractivity (Wildman–Crippen MR) is 54.6 cm³/mol. The molecule has 0 radical (unpaired) electrons. The van der Waals surface area contributed by atoms with Crippen molar-refractivity contribution in [3.05, 3.63) is 35.4 Å². The van der Waals surface area contributed by atoms with Crippen molar-refractivity contribution in [1.82, 2.24) is 0 Å². The summed E-state index contributed by atoms with van der Waals surface area (Å²) >= 11 is 6.25. The summed E-state index contributed by atoms with van der Waals surface area (Å²) in [6.45, 7) is 6.39. The van der Waals surface area contributed by atoms with Crippen LogP contribution in [-0.4, -0.2) is 0 Å². The fraction of sp³-hybridized carbons (Fsp3) is 0.455. The molecule has 0 nitrogen and oxygen atoms in total. The molecule has 1 unspecified atom stereocenters. The Morgan fingerprint density at radius 3 is 2.25 bits per heavy atom. The molecule has 0 heterocycles. The monoisotopic (exact) mass is 182 g/mol. The van der Waals surface area contributed by atoms with Crippen molar-refractivity contribution < 1.29 is 0 Å². The van der Waals surface area contributed by atoms with E-state index in [-0.39, 0.29) is 5.38 Å². The zero-order chi connectivity index (χ0) is 9.14. The molecule has 0 saturated carbocycles. The van der Waals surface area contributed by atoms with Crippen LogP contribution < -0.4 is 0 Å². The van der Waals surface area contributed by atoms with Crippen molar-refractivity contribution in [3.63, 3.8) is 0 Å². The average molecular weight is 183 g/mol. The largest absolute Gasteiger partial charge is 0.118 e. The smallest absolute Gasteiger partial charge is 0.0610 e. The number of alkyl halides is 1. The van der Waals surface area contributed by atoms with Gasteiger partial charge in [0.2, 0.25) is 0 Å². The zero-order valence-electron chi connectivity index (χ0n) is 7.84. The highest BCUT2D eigenvalue weighted by Crippen LogP contribution is 2.30. The van der Waals surface area contributed by atoms with Gasteiger partial charge in [-0.25, -0.2) is 0 Å². The van der Waals surface area contributed by atoms with Gasteiger partial charge in [-0.2, -0.15) is 0 Å². The van der Waals surface area contributed by atoms with E-state index in [1.165, 1.54) is 11.1 Å². The molecule has 1 rings (SSSR count). The van der Waals surface area contributed by atoms with Crippen molar-refractivity contribution in [2.24, 2.45) is 5.92 Å². The van der Waals surface area contributed by atoms with Crippen molar-refractivity contribution in [2.75, 3.05) is 0 Å². The Hall–Kier alpha value is -0.490. The summed E-state index contributed by atoms with van der Waals surface area (Å²) in [7, 11) is 0. The van der Waals surface area contributed by atoms with E-state index >= 15 is 0 Å². The van der Waals surface area contributed by atoms with Crippen molar-refractivity contribution in [3.8, 4) is 0 Å². The number of benzene rings is 1. The normalized spacial score (nSPS) is 13.4. The summed E-state index contributed by atoms with van der Waals surface area (Å²) in [6.07, 6.45) is 0. The molecule has 0 aliphatic heterocycles. The number of rotatable bonds is 2. The van der Waals surface area contributed by atoms with Gasteiger partial charge in [-0.3, -0.25) is 0 Å². The Labute approximate surface area is 79.6 Å². The van der Waals surface area contributed by atoms with E-state index in [9.17, 15) is 0 Å². The number of hydrogen-bond acceptors (Lipinski definition) is 0. The van der Waals surface area contributed by atoms with Crippen LogP contribution in [0.5, 0.6) is 0 Å². The Bertz CT molecular complexity index is 253. The fourth-order valence-electron chi connectivity index (χ4n) is 1.26. The Balaban J connectivity index is 2.94. The van der Waals surface area contributed by atoms with Gasteiger partial charge < -0.3 is 0 Å². The Kier molecular flexibility index (Phi) is 3.16. The molecule has 12 heavy (non-hydrogen) atoms. The maximum Gasteiger partial charge on any atom is 0.0610 e. The van der Waals surface area contributed by atoms with E-state index in [2.05, 4.69) is 32.9 Å². The molecular formula is C11H15Cl. The van der Waals surface area contributed by atoms with Crippen molar-refractivity contribution in [2.45, 2.75) is 26.1 Å². The molecule has 1 aromatic rings. The lowest BCUT2D eigenvalue weighted by Gasteiger charge is -2.15. The molecule has 0 aliphatic carbocycles. The van der Waals surface area contributed by atoms with Crippen LogP contribution in [0.4, 0.5) is 0 Å². The summed E-state index contributed by atoms with van der Waals surface area (Å²) in [5.74, 6) is 0.493. The summed E-state index contributed by atoms with van der Waals surface area (Å²) in [6, 6.07) is 8.29. The minimum absolute atomic E-state index is 0.145. The van der Waals surface area contributed by atoms with Crippen LogP contribution >= 0.6 is 11.6 Å². The van der Waals surface area contributed by atoms with Crippen LogP contribution in [0.15, 0.2) is 24.3 Å². The zero-order valence-corrected chi connectivity index (χ0v) is 8.60. The van der Waals surface area contributed by atoms with Gasteiger partial charge in [-0.15, -0.1) is 11.6 Å². The minimum atomic E-state index is 0.145. The van der Waals surface area contributed by atoms with Gasteiger partial charge in [-0.05, 0) is 24.0 Å². The van der Waals surface area contributed by atoms with Crippen LogP contribution in [-0.2, 0) is 0 Å². The molecule has 0 bridgehead atoms. The van der Waals surface area contributed by atoms with Crippen molar-refractivity contribution >= 4 is 11.6 Å². The third kappa shape index (κ3) is 2.01. The van der Waals surface area contributed by atoms with E-state index in [0.29, 0.717) is 5.92 Å². The van der Waals surface area contributed by atoms with Crippen LogP contribution in [0.1, 0.15) is 30.4 Å². The van der Waals surface area contributed by atoms with Crippen LogP contribution in [0.3, 0.4) is 0 Å². The highest BCUT2D eigenvalue weighted by atomic mass is 35.5. The maximum absolute atomic E-state index is 6.25. The van der Waals surface area contributed by atoms with Gasteiger partial charge in [0, 0.05) is 0 Å². The second kappa shape index (κ2) is 3.95. The molecule has 1 heteroatoms. The molecular weight excluding hydrogens is 168 g/mol. The quantitative estimate of drug-likeness (QED) is 0.608. The first-order valence-corrected chi connectivity index (χ1v) is 4.76. The van der Waals surface area contributed by atoms with E-state index in [0.717, 1.165) is 0 Å². The van der Waals surface area contributed by atoms with E-state index < -0.39 is 0 Å². The first kappa shape index (κ1) is 9.60. The predicted octanol–water partition coefficient (Wildman–Crippen LogP) is 3.93. The molecule has 0 aliphatic rings. The molecule has 1 aromatic carbocycles. The molecule has 0 saturated heterocycles. The average Bonchev–Trinajstić information content (AvgIpc) is 2.04. The van der Waals surface area contributed by atoms with Gasteiger partial charge in [0.05, 0.1) is 5.38 Å². The SMILES string of the molecule is Cc1ccccc1C(Cl)C(C)C. The summed E-state index contributed by atoms with van der Waals surface area (Å²) in [5.41, 5.74) is 2.54. The van der Waals surface area contributed by atoms with E-state index in [1.807, 2.05) is 12.1 Å². The highest BCUT2D eigenvalue weighted by Gasteiger charge is 2.13. The van der Waals surface area contributed by atoms with E-state index in [1.54, 1.807) is 0 Å². The van der Waals surface area contributed by atoms with Gasteiger partial charge in [0.15, 0.2) is 0 Å². The Morgan fingerprint density at radius 2 is 1.75 bits per heavy atom. The standard InChI is InChI=1S/C11H15Cl/c1-8(2)11(12)10-7-5-4-6-9(10)3/h4-8,11H,1-3H3. The Morgan fingerprint density at radius 1 is 1.17 bits per heavy atom. The second-order valence-corrected chi connectivity index (χ2v) is 3.97. The molecule has 0 aromatic heterocycles. The minimum Gasteiger partial charge on any atom is -0.118 e. The van der Waals surface area contributed by atoms with Gasteiger partial charge in [0.1, 0.15) is 0 Å². The molecule has 66 valence electrons. The first-order chi connectivity index (χ1) is 5.63. The highest BCUT2D eigenvalue weighted by molar-refractivity contribution is 6.21. The van der Waals surface area contributed by atoms with E-state index in [4.69, 9.17) is 11.6 Å². The van der Waals surface area contributed by atoms with Gasteiger partial charge >= 0.3 is 0 Å². The van der Waals surface area contributed by atoms with Gasteiger partial charge in [-0.1, -0.05) is 38.1 Å². The molecule has 0 amide bonds. The number of halogens is 1. The van der Waals surface area contributed by atoms with Gasteiger partial charge in [0.25, 0.3) is 0 Å². The lowest BCUT2D eigenvalue weighted by molar-refractivity contribution is 0.622. The summed E-state index contributed by atoms with van der Waals surface area (Å²) in [5, 5.41) is 0.145. The number of aryl methyl sites for hydroxylation is 1. The van der Waals surface area contributed by atoms with Crippen molar-refractivity contribution in [1.29, 1.82) is 0 Å².